The van der Waals surface area contributed by atoms with Crippen LogP contribution in [0.25, 0.3) is 0 Å². The Morgan fingerprint density at radius 2 is 2.24 bits per heavy atom. The minimum absolute atomic E-state index is 0.128. The summed E-state index contributed by atoms with van der Waals surface area (Å²) in [6.45, 7) is 2.92. The number of ether oxygens (including phenoxy) is 1. The Morgan fingerprint density at radius 1 is 1.59 bits per heavy atom. The van der Waals surface area contributed by atoms with Gasteiger partial charge in [-0.05, 0) is 6.92 Å². The molecule has 0 aromatic carbocycles. The van der Waals surface area contributed by atoms with Gasteiger partial charge in [0.05, 0.1) is 12.3 Å². The maximum Gasteiger partial charge on any atom is 0.341 e. The van der Waals surface area contributed by atoms with E-state index in [1.54, 1.807) is 6.92 Å². The summed E-state index contributed by atoms with van der Waals surface area (Å²) < 4.78 is 18.3. The lowest BCUT2D eigenvalue weighted by atomic mass is 10.2. The van der Waals surface area contributed by atoms with Crippen LogP contribution in [-0.4, -0.2) is 23.5 Å². The first-order chi connectivity index (χ1) is 7.97. The zero-order valence-electron chi connectivity index (χ0n) is 9.21. The number of hydrogen-bond acceptors (Lipinski definition) is 4. The molecule has 1 amide bonds. The second-order valence-corrected chi connectivity index (χ2v) is 3.41. The van der Waals surface area contributed by atoms with E-state index in [0.717, 1.165) is 6.20 Å². The van der Waals surface area contributed by atoms with Crippen LogP contribution in [0.4, 0.5) is 10.1 Å². The number of anilines is 1. The molecule has 1 aromatic heterocycles. The highest BCUT2D eigenvalue weighted by Gasteiger charge is 2.20. The zero-order chi connectivity index (χ0) is 13.0. The summed E-state index contributed by atoms with van der Waals surface area (Å²) in [5.74, 6) is -2.27. The van der Waals surface area contributed by atoms with Crippen LogP contribution in [-0.2, 0) is 9.53 Å². The number of carbonyl (C=O) groups excluding carboxylic acids is 2. The Bertz CT molecular complexity index is 465. The predicted octanol–water partition coefficient (Wildman–Crippen LogP) is 2.01. The maximum atomic E-state index is 13.6. The van der Waals surface area contributed by atoms with E-state index in [1.807, 2.05) is 0 Å². The van der Waals surface area contributed by atoms with E-state index in [1.165, 1.54) is 6.92 Å². The molecule has 0 aliphatic heterocycles. The second kappa shape index (κ2) is 5.58. The molecule has 0 radical (unpaired) electrons. The lowest BCUT2D eigenvalue weighted by molar-refractivity contribution is -0.114. The number of hydrogen-bond donors (Lipinski definition) is 1. The van der Waals surface area contributed by atoms with Gasteiger partial charge in [-0.2, -0.15) is 0 Å². The van der Waals surface area contributed by atoms with Crippen LogP contribution in [0.1, 0.15) is 24.2 Å². The van der Waals surface area contributed by atoms with Crippen molar-refractivity contribution in [2.75, 3.05) is 11.9 Å². The van der Waals surface area contributed by atoms with Crippen LogP contribution >= 0.6 is 11.6 Å². The standard InChI is InChI=1S/C10H10ClFN2O3/c1-3-17-10(16)6-4-13-9(11)7(12)8(6)14-5(2)15/h4H,3H2,1-2H3,(H,13,14,15). The van der Waals surface area contributed by atoms with E-state index in [4.69, 9.17) is 16.3 Å². The fraction of sp³-hybridized carbons (Fsp3) is 0.300. The summed E-state index contributed by atoms with van der Waals surface area (Å²) >= 11 is 5.46. The number of rotatable bonds is 3. The molecule has 0 saturated carbocycles. The smallest absolute Gasteiger partial charge is 0.341 e. The van der Waals surface area contributed by atoms with Crippen molar-refractivity contribution >= 4 is 29.2 Å². The van der Waals surface area contributed by atoms with E-state index >= 15 is 0 Å². The van der Waals surface area contributed by atoms with Gasteiger partial charge in [0.15, 0.2) is 11.0 Å². The Balaban J connectivity index is 3.24. The number of pyridine rings is 1. The fourth-order valence-electron chi connectivity index (χ4n) is 1.13. The third kappa shape index (κ3) is 3.13. The highest BCUT2D eigenvalue weighted by molar-refractivity contribution is 6.30. The summed E-state index contributed by atoms with van der Waals surface area (Å²) in [6, 6.07) is 0. The number of nitrogens with one attached hydrogen (secondary N) is 1. The average molecular weight is 261 g/mol. The minimum Gasteiger partial charge on any atom is -0.462 e. The van der Waals surface area contributed by atoms with Gasteiger partial charge in [-0.1, -0.05) is 11.6 Å². The molecule has 0 unspecified atom stereocenters. The van der Waals surface area contributed by atoms with Crippen molar-refractivity contribution in [3.05, 3.63) is 22.7 Å². The van der Waals surface area contributed by atoms with Crippen molar-refractivity contribution in [2.45, 2.75) is 13.8 Å². The second-order valence-electron chi connectivity index (χ2n) is 3.05. The van der Waals surface area contributed by atoms with Gasteiger partial charge in [-0.3, -0.25) is 4.79 Å². The van der Waals surface area contributed by atoms with Gasteiger partial charge < -0.3 is 10.1 Å². The van der Waals surface area contributed by atoms with E-state index in [2.05, 4.69) is 10.3 Å². The van der Waals surface area contributed by atoms with Gasteiger partial charge in [-0.25, -0.2) is 14.2 Å². The molecule has 5 nitrogen and oxygen atoms in total. The van der Waals surface area contributed by atoms with Crippen molar-refractivity contribution in [2.24, 2.45) is 0 Å². The summed E-state index contributed by atoms with van der Waals surface area (Å²) in [5, 5.41) is 1.75. The molecule has 1 heterocycles. The van der Waals surface area contributed by atoms with Crippen LogP contribution in [0.15, 0.2) is 6.20 Å². The van der Waals surface area contributed by atoms with Crippen LogP contribution in [0.2, 0.25) is 5.15 Å². The van der Waals surface area contributed by atoms with Gasteiger partial charge in [0, 0.05) is 13.1 Å². The molecule has 0 atom stereocenters. The lowest BCUT2D eigenvalue weighted by Gasteiger charge is -2.10. The molecule has 7 heteroatoms. The van der Waals surface area contributed by atoms with Crippen LogP contribution in [0.3, 0.4) is 0 Å². The van der Waals surface area contributed by atoms with Gasteiger partial charge in [-0.15, -0.1) is 0 Å². The van der Waals surface area contributed by atoms with Gasteiger partial charge >= 0.3 is 5.97 Å². The minimum atomic E-state index is -0.965. The third-order valence-corrected chi connectivity index (χ3v) is 2.04. The van der Waals surface area contributed by atoms with Crippen LogP contribution in [0.5, 0.6) is 0 Å². The molecule has 1 aromatic rings. The quantitative estimate of drug-likeness (QED) is 0.667. The predicted molar refractivity (Wildman–Crippen MR) is 59.5 cm³/mol. The van der Waals surface area contributed by atoms with E-state index in [-0.39, 0.29) is 17.9 Å². The Morgan fingerprint density at radius 3 is 2.76 bits per heavy atom. The fourth-order valence-corrected chi connectivity index (χ4v) is 1.27. The molecule has 0 aliphatic carbocycles. The van der Waals surface area contributed by atoms with E-state index in [9.17, 15) is 14.0 Å². The molecule has 1 N–H and O–H groups in total. The number of halogens is 2. The van der Waals surface area contributed by atoms with Gasteiger partial charge in [0.1, 0.15) is 5.56 Å². The maximum absolute atomic E-state index is 13.6. The van der Waals surface area contributed by atoms with E-state index < -0.39 is 22.8 Å². The Labute approximate surface area is 102 Å². The molecule has 92 valence electrons. The first kappa shape index (κ1) is 13.4. The SMILES string of the molecule is CCOC(=O)c1cnc(Cl)c(F)c1NC(C)=O. The van der Waals surface area contributed by atoms with Crippen molar-refractivity contribution in [1.29, 1.82) is 0 Å². The molecular weight excluding hydrogens is 251 g/mol. The summed E-state index contributed by atoms with van der Waals surface area (Å²) in [6.07, 6.45) is 1.05. The van der Waals surface area contributed by atoms with Crippen molar-refractivity contribution in [1.82, 2.24) is 4.98 Å². The number of esters is 1. The van der Waals surface area contributed by atoms with Crippen molar-refractivity contribution in [3.8, 4) is 0 Å². The number of carbonyl (C=O) groups is 2. The molecule has 0 saturated heterocycles. The summed E-state index contributed by atoms with van der Waals surface area (Å²) in [4.78, 5) is 25.9. The van der Waals surface area contributed by atoms with Gasteiger partial charge in [0.2, 0.25) is 5.91 Å². The topological polar surface area (TPSA) is 68.3 Å². The van der Waals surface area contributed by atoms with Gasteiger partial charge in [0.25, 0.3) is 0 Å². The first-order valence-electron chi connectivity index (χ1n) is 4.76. The lowest BCUT2D eigenvalue weighted by Crippen LogP contribution is -2.15. The average Bonchev–Trinajstić information content (AvgIpc) is 2.24. The third-order valence-electron chi connectivity index (χ3n) is 1.77. The summed E-state index contributed by atoms with van der Waals surface area (Å²) in [5.41, 5.74) is -0.500. The zero-order valence-corrected chi connectivity index (χ0v) is 9.97. The van der Waals surface area contributed by atoms with E-state index in [0.29, 0.717) is 0 Å². The normalized spacial score (nSPS) is 9.88. The Kier molecular flexibility index (Phi) is 4.39. The summed E-state index contributed by atoms with van der Waals surface area (Å²) in [7, 11) is 0. The molecular formula is C10H10ClFN2O3. The molecule has 1 rings (SSSR count). The molecule has 0 bridgehead atoms. The number of amides is 1. The molecule has 0 fully saturated rings. The Hall–Kier alpha value is -1.69. The highest BCUT2D eigenvalue weighted by atomic mass is 35.5. The van der Waals surface area contributed by atoms with Crippen molar-refractivity contribution < 1.29 is 18.7 Å². The van der Waals surface area contributed by atoms with Crippen LogP contribution < -0.4 is 5.32 Å². The molecule has 0 spiro atoms. The van der Waals surface area contributed by atoms with Crippen LogP contribution in [0, 0.1) is 5.82 Å². The number of aromatic nitrogens is 1. The molecule has 0 aliphatic rings. The largest absolute Gasteiger partial charge is 0.462 e. The molecule has 17 heavy (non-hydrogen) atoms. The monoisotopic (exact) mass is 260 g/mol. The van der Waals surface area contributed by atoms with Crippen molar-refractivity contribution in [3.63, 3.8) is 0 Å². The first-order valence-corrected chi connectivity index (χ1v) is 5.13. The highest BCUT2D eigenvalue weighted by Crippen LogP contribution is 2.25. The number of nitrogens with zero attached hydrogens (tertiary/aromatic N) is 1.